The van der Waals surface area contributed by atoms with Gasteiger partial charge in [0.15, 0.2) is 0 Å². The smallest absolute Gasteiger partial charge is 0.225 e. The third-order valence-electron chi connectivity index (χ3n) is 3.72. The second kappa shape index (κ2) is 7.21. The summed E-state index contributed by atoms with van der Waals surface area (Å²) in [6.45, 7) is 4.81. The number of nitrogens with one attached hydrogen (secondary N) is 1. The first-order valence-electron chi connectivity index (χ1n) is 7.35. The minimum Gasteiger partial charge on any atom is -0.327 e. The number of hydrogen-bond acceptors (Lipinski definition) is 4. The number of nitrogens with two attached hydrogens (primary N) is 1. The van der Waals surface area contributed by atoms with E-state index >= 15 is 0 Å². The molecular formula is C16H22N4O. The Bertz CT molecular complexity index is 510. The molecule has 0 radical (unpaired) electrons. The van der Waals surface area contributed by atoms with E-state index in [0.29, 0.717) is 17.9 Å². The topological polar surface area (TPSA) is 82.2 Å². The van der Waals surface area contributed by atoms with Crippen LogP contribution in [-0.4, -0.2) is 36.5 Å². The number of nitrogens with zero attached hydrogens (tertiary/aromatic N) is 2. The molecule has 2 unspecified atom stereocenters. The van der Waals surface area contributed by atoms with Crippen LogP contribution in [0, 0.1) is 17.2 Å². The highest BCUT2D eigenvalue weighted by Gasteiger charge is 2.22. The van der Waals surface area contributed by atoms with Crippen molar-refractivity contribution in [3.05, 3.63) is 29.8 Å². The van der Waals surface area contributed by atoms with Crippen LogP contribution in [0.15, 0.2) is 24.3 Å². The van der Waals surface area contributed by atoms with Crippen molar-refractivity contribution in [2.75, 3.05) is 25.0 Å². The lowest BCUT2D eigenvalue weighted by atomic mass is 9.96. The van der Waals surface area contributed by atoms with Crippen molar-refractivity contribution in [1.29, 1.82) is 5.26 Å². The lowest BCUT2D eigenvalue weighted by Crippen LogP contribution is -2.47. The van der Waals surface area contributed by atoms with Gasteiger partial charge in [-0.3, -0.25) is 4.79 Å². The van der Waals surface area contributed by atoms with Gasteiger partial charge in [0.2, 0.25) is 5.91 Å². The molecule has 21 heavy (non-hydrogen) atoms. The SMILES string of the molecule is CC1CC(N)CN(CCC(=O)Nc2ccc(C#N)cc2)C1. The predicted octanol–water partition coefficient (Wildman–Crippen LogP) is 1.56. The Morgan fingerprint density at radius 1 is 1.43 bits per heavy atom. The quantitative estimate of drug-likeness (QED) is 0.880. The van der Waals surface area contributed by atoms with Crippen LogP contribution < -0.4 is 11.1 Å². The molecule has 1 heterocycles. The zero-order valence-electron chi connectivity index (χ0n) is 12.4. The van der Waals surface area contributed by atoms with Gasteiger partial charge < -0.3 is 16.0 Å². The summed E-state index contributed by atoms with van der Waals surface area (Å²) in [5, 5.41) is 11.6. The van der Waals surface area contributed by atoms with E-state index in [-0.39, 0.29) is 11.9 Å². The number of anilines is 1. The van der Waals surface area contributed by atoms with E-state index in [9.17, 15) is 4.79 Å². The lowest BCUT2D eigenvalue weighted by Gasteiger charge is -2.34. The Balaban J connectivity index is 1.78. The minimum absolute atomic E-state index is 0.00787. The van der Waals surface area contributed by atoms with Gasteiger partial charge in [-0.25, -0.2) is 0 Å². The van der Waals surface area contributed by atoms with Gasteiger partial charge >= 0.3 is 0 Å². The van der Waals surface area contributed by atoms with Gasteiger partial charge in [0.25, 0.3) is 0 Å². The molecule has 0 saturated carbocycles. The molecule has 5 heteroatoms. The van der Waals surface area contributed by atoms with Crippen LogP contribution in [0.1, 0.15) is 25.3 Å². The summed E-state index contributed by atoms with van der Waals surface area (Å²) in [5.74, 6) is 0.585. The second-order valence-electron chi connectivity index (χ2n) is 5.85. The predicted molar refractivity (Wildman–Crippen MR) is 82.6 cm³/mol. The molecule has 1 aliphatic heterocycles. The molecule has 112 valence electrons. The molecule has 2 rings (SSSR count). The van der Waals surface area contributed by atoms with E-state index < -0.39 is 0 Å². The molecule has 0 spiro atoms. The average Bonchev–Trinajstić information content (AvgIpc) is 2.45. The van der Waals surface area contributed by atoms with Crippen LogP contribution in [0.2, 0.25) is 0 Å². The first-order chi connectivity index (χ1) is 10.1. The van der Waals surface area contributed by atoms with Gasteiger partial charge in [-0.05, 0) is 36.6 Å². The lowest BCUT2D eigenvalue weighted by molar-refractivity contribution is -0.116. The maximum absolute atomic E-state index is 11.9. The Morgan fingerprint density at radius 2 is 2.14 bits per heavy atom. The average molecular weight is 286 g/mol. The van der Waals surface area contributed by atoms with E-state index in [1.54, 1.807) is 24.3 Å². The highest BCUT2D eigenvalue weighted by molar-refractivity contribution is 5.90. The summed E-state index contributed by atoms with van der Waals surface area (Å²) < 4.78 is 0. The summed E-state index contributed by atoms with van der Waals surface area (Å²) in [6, 6.07) is 9.15. The van der Waals surface area contributed by atoms with Crippen molar-refractivity contribution in [3.63, 3.8) is 0 Å². The fourth-order valence-electron chi connectivity index (χ4n) is 2.81. The molecule has 1 aromatic carbocycles. The number of amides is 1. The molecule has 5 nitrogen and oxygen atoms in total. The molecule has 1 saturated heterocycles. The maximum Gasteiger partial charge on any atom is 0.225 e. The molecule has 1 amide bonds. The summed E-state index contributed by atoms with van der Waals surface area (Å²) in [5.41, 5.74) is 7.32. The number of carbonyl (C=O) groups is 1. The molecular weight excluding hydrogens is 264 g/mol. The number of hydrogen-bond donors (Lipinski definition) is 2. The van der Waals surface area contributed by atoms with Crippen LogP contribution in [0.5, 0.6) is 0 Å². The second-order valence-corrected chi connectivity index (χ2v) is 5.85. The molecule has 0 aliphatic carbocycles. The first kappa shape index (κ1) is 15.5. The Hall–Kier alpha value is -1.90. The van der Waals surface area contributed by atoms with E-state index in [2.05, 4.69) is 23.2 Å². The van der Waals surface area contributed by atoms with Crippen molar-refractivity contribution in [2.24, 2.45) is 11.7 Å². The number of rotatable bonds is 4. The third kappa shape index (κ3) is 4.85. The van der Waals surface area contributed by atoms with Crippen LogP contribution >= 0.6 is 0 Å². The Labute approximate surface area is 125 Å². The first-order valence-corrected chi connectivity index (χ1v) is 7.35. The number of benzene rings is 1. The highest BCUT2D eigenvalue weighted by atomic mass is 16.1. The van der Waals surface area contributed by atoms with E-state index in [4.69, 9.17) is 11.0 Å². The van der Waals surface area contributed by atoms with Crippen LogP contribution in [0.4, 0.5) is 5.69 Å². The largest absolute Gasteiger partial charge is 0.327 e. The molecule has 1 aliphatic rings. The number of piperidine rings is 1. The van der Waals surface area contributed by atoms with Crippen molar-refractivity contribution >= 4 is 11.6 Å². The zero-order valence-corrected chi connectivity index (χ0v) is 12.4. The fourth-order valence-corrected chi connectivity index (χ4v) is 2.81. The van der Waals surface area contributed by atoms with E-state index in [1.165, 1.54) is 0 Å². The minimum atomic E-state index is -0.00787. The number of nitriles is 1. The maximum atomic E-state index is 11.9. The zero-order chi connectivity index (χ0) is 15.2. The summed E-state index contributed by atoms with van der Waals surface area (Å²) in [4.78, 5) is 14.2. The number of carbonyl (C=O) groups excluding carboxylic acids is 1. The van der Waals surface area contributed by atoms with Gasteiger partial charge in [-0.1, -0.05) is 6.92 Å². The van der Waals surface area contributed by atoms with Crippen molar-refractivity contribution in [1.82, 2.24) is 4.90 Å². The molecule has 0 aromatic heterocycles. The summed E-state index contributed by atoms with van der Waals surface area (Å²) in [6.07, 6.45) is 1.52. The fraction of sp³-hybridized carbons (Fsp3) is 0.500. The Morgan fingerprint density at radius 3 is 2.76 bits per heavy atom. The van der Waals surface area contributed by atoms with Gasteiger partial charge in [-0.15, -0.1) is 0 Å². The molecule has 1 aromatic rings. The molecule has 2 atom stereocenters. The van der Waals surface area contributed by atoms with Crippen LogP contribution in [-0.2, 0) is 4.79 Å². The van der Waals surface area contributed by atoms with E-state index in [1.807, 2.05) is 0 Å². The van der Waals surface area contributed by atoms with Gasteiger partial charge in [0.05, 0.1) is 11.6 Å². The monoisotopic (exact) mass is 286 g/mol. The third-order valence-corrected chi connectivity index (χ3v) is 3.72. The van der Waals surface area contributed by atoms with Crippen LogP contribution in [0.25, 0.3) is 0 Å². The van der Waals surface area contributed by atoms with Gasteiger partial charge in [0, 0.05) is 37.8 Å². The summed E-state index contributed by atoms with van der Waals surface area (Å²) in [7, 11) is 0. The normalized spacial score (nSPS) is 22.5. The number of likely N-dealkylation sites (tertiary alicyclic amines) is 1. The Kier molecular flexibility index (Phi) is 5.32. The van der Waals surface area contributed by atoms with E-state index in [0.717, 1.165) is 31.7 Å². The molecule has 1 fully saturated rings. The highest BCUT2D eigenvalue weighted by Crippen LogP contribution is 2.15. The standard InChI is InChI=1S/C16H22N4O/c1-12-8-14(18)11-20(10-12)7-6-16(21)19-15-4-2-13(9-17)3-5-15/h2-5,12,14H,6-8,10-11,18H2,1H3,(H,19,21). The van der Waals surface area contributed by atoms with Gasteiger partial charge in [0.1, 0.15) is 0 Å². The summed E-state index contributed by atoms with van der Waals surface area (Å²) >= 11 is 0. The van der Waals surface area contributed by atoms with Gasteiger partial charge in [-0.2, -0.15) is 5.26 Å². The van der Waals surface area contributed by atoms with Crippen LogP contribution in [0.3, 0.4) is 0 Å². The molecule has 0 bridgehead atoms. The van der Waals surface area contributed by atoms with Crippen molar-refractivity contribution in [2.45, 2.75) is 25.8 Å². The molecule has 3 N–H and O–H groups in total. The van der Waals surface area contributed by atoms with Crippen molar-refractivity contribution < 1.29 is 4.79 Å². The van der Waals surface area contributed by atoms with Crippen molar-refractivity contribution in [3.8, 4) is 6.07 Å².